The van der Waals surface area contributed by atoms with Gasteiger partial charge in [0.2, 0.25) is 5.91 Å². The van der Waals surface area contributed by atoms with Gasteiger partial charge in [-0.2, -0.15) is 5.26 Å². The number of hydrogen-bond acceptors (Lipinski definition) is 7. The van der Waals surface area contributed by atoms with Crippen molar-refractivity contribution in [1.29, 1.82) is 5.26 Å². The molecule has 0 saturated carbocycles. The third-order valence-electron chi connectivity index (χ3n) is 6.50. The summed E-state index contributed by atoms with van der Waals surface area (Å²) in [6.07, 6.45) is 1.22. The number of anilines is 1. The average Bonchev–Trinajstić information content (AvgIpc) is 2.91. The second-order valence-corrected chi connectivity index (χ2v) is 9.03. The van der Waals surface area contributed by atoms with Gasteiger partial charge in [-0.05, 0) is 48.7 Å². The molecule has 9 nitrogen and oxygen atoms in total. The van der Waals surface area contributed by atoms with Gasteiger partial charge >= 0.3 is 0 Å². The molecule has 2 amide bonds. The number of nitriles is 1. The maximum atomic E-state index is 13.6. The Hall–Kier alpha value is -4.33. The van der Waals surface area contributed by atoms with E-state index < -0.39 is 12.6 Å². The molecule has 1 saturated heterocycles. The molecule has 1 aromatic heterocycles. The number of aliphatic hydroxyl groups is 1. The minimum Gasteiger partial charge on any atom is -0.394 e. The summed E-state index contributed by atoms with van der Waals surface area (Å²) >= 11 is 0. The molecule has 0 aliphatic carbocycles. The lowest BCUT2D eigenvalue weighted by molar-refractivity contribution is -0.141. The lowest BCUT2D eigenvalue weighted by atomic mass is 10.0. The van der Waals surface area contributed by atoms with Crippen molar-refractivity contribution in [2.24, 2.45) is 5.73 Å². The maximum absolute atomic E-state index is 13.6. The molecule has 3 aromatic rings. The highest BCUT2D eigenvalue weighted by molar-refractivity contribution is 5.99. The van der Waals surface area contributed by atoms with Crippen LogP contribution in [0.15, 0.2) is 60.7 Å². The summed E-state index contributed by atoms with van der Waals surface area (Å²) < 4.78 is 13.6. The van der Waals surface area contributed by atoms with Gasteiger partial charge in [-0.25, -0.2) is 9.37 Å². The normalized spacial score (nSPS) is 15.2. The summed E-state index contributed by atoms with van der Waals surface area (Å²) in [5.41, 5.74) is 8.37. The van der Waals surface area contributed by atoms with Crippen LogP contribution < -0.4 is 16.4 Å². The number of rotatable bonds is 10. The topological polar surface area (TPSA) is 144 Å². The number of aromatic nitrogens is 1. The average molecular weight is 517 g/mol. The Labute approximate surface area is 220 Å². The second-order valence-electron chi connectivity index (χ2n) is 9.03. The van der Waals surface area contributed by atoms with Gasteiger partial charge in [0.25, 0.3) is 5.91 Å². The van der Waals surface area contributed by atoms with E-state index in [0.717, 1.165) is 5.56 Å². The highest BCUT2D eigenvalue weighted by Gasteiger charge is 2.34. The molecule has 196 valence electrons. The predicted octanol–water partition coefficient (Wildman–Crippen LogP) is 2.06. The standard InChI is InChI=1S/C28H29FN6O3/c29-20-6-3-4-18(14-20)10-12-32-26-23(8-9-25(34-26)22-7-2-1-5-19(22)15-30)27(37)33-16-21-11-13-35(21)28(38)24(31)17-36/h1-9,14,21,24,36H,10-13,16-17,31H2,(H,32,34)(H,33,37)/t21-,24+/m1/s1. The van der Waals surface area contributed by atoms with E-state index in [1.165, 1.54) is 12.1 Å². The molecule has 10 heteroatoms. The number of aliphatic hydroxyl groups excluding tert-OH is 1. The number of halogens is 1. The van der Waals surface area contributed by atoms with Crippen LogP contribution in [0.5, 0.6) is 0 Å². The van der Waals surface area contributed by atoms with Gasteiger partial charge in [0.15, 0.2) is 0 Å². The summed E-state index contributed by atoms with van der Waals surface area (Å²) in [7, 11) is 0. The fourth-order valence-electron chi connectivity index (χ4n) is 4.29. The molecule has 0 spiro atoms. The van der Waals surface area contributed by atoms with Crippen molar-refractivity contribution in [1.82, 2.24) is 15.2 Å². The fraction of sp³-hybridized carbons (Fsp3) is 0.286. The zero-order chi connectivity index (χ0) is 27.1. The molecule has 2 aromatic carbocycles. The SMILES string of the molecule is N#Cc1ccccc1-c1ccc(C(=O)NC[C@H]2CCN2C(=O)[C@@H](N)CO)c(NCCc2cccc(F)c2)n1. The van der Waals surface area contributed by atoms with Crippen LogP contribution >= 0.6 is 0 Å². The van der Waals surface area contributed by atoms with Crippen molar-refractivity contribution >= 4 is 17.6 Å². The first-order chi connectivity index (χ1) is 18.4. The first kappa shape index (κ1) is 26.7. The van der Waals surface area contributed by atoms with E-state index in [2.05, 4.69) is 21.7 Å². The zero-order valence-electron chi connectivity index (χ0n) is 20.7. The minimum atomic E-state index is -0.976. The Bertz CT molecular complexity index is 1360. The van der Waals surface area contributed by atoms with Crippen LogP contribution in [-0.2, 0) is 11.2 Å². The number of nitrogens with two attached hydrogens (primary N) is 1. The molecule has 1 aliphatic heterocycles. The summed E-state index contributed by atoms with van der Waals surface area (Å²) in [6, 6.07) is 17.7. The number of nitrogens with one attached hydrogen (secondary N) is 2. The lowest BCUT2D eigenvalue weighted by Gasteiger charge is -2.42. The van der Waals surface area contributed by atoms with Crippen molar-refractivity contribution in [3.05, 3.63) is 83.2 Å². The summed E-state index contributed by atoms with van der Waals surface area (Å²) in [5, 5.41) is 24.7. The van der Waals surface area contributed by atoms with Gasteiger partial charge in [-0.3, -0.25) is 9.59 Å². The van der Waals surface area contributed by atoms with Gasteiger partial charge in [0.1, 0.15) is 17.7 Å². The first-order valence-corrected chi connectivity index (χ1v) is 12.3. The van der Waals surface area contributed by atoms with Crippen molar-refractivity contribution in [3.63, 3.8) is 0 Å². The smallest absolute Gasteiger partial charge is 0.255 e. The quantitative estimate of drug-likeness (QED) is 0.323. The number of carbonyl (C=O) groups excluding carboxylic acids is 2. The molecule has 1 aliphatic rings. The van der Waals surface area contributed by atoms with E-state index in [1.807, 2.05) is 12.1 Å². The highest BCUT2D eigenvalue weighted by Crippen LogP contribution is 2.25. The third-order valence-corrected chi connectivity index (χ3v) is 6.50. The molecule has 4 rings (SSSR count). The van der Waals surface area contributed by atoms with Gasteiger partial charge in [-0.1, -0.05) is 30.3 Å². The van der Waals surface area contributed by atoms with E-state index in [4.69, 9.17) is 10.8 Å². The predicted molar refractivity (Wildman–Crippen MR) is 140 cm³/mol. The third kappa shape index (κ3) is 6.14. The van der Waals surface area contributed by atoms with Crippen LogP contribution in [-0.4, -0.2) is 65.1 Å². The van der Waals surface area contributed by atoms with E-state index in [1.54, 1.807) is 41.3 Å². The lowest BCUT2D eigenvalue weighted by Crippen LogP contribution is -2.60. The Morgan fingerprint density at radius 2 is 2.03 bits per heavy atom. The number of amides is 2. The molecular formula is C28H29FN6O3. The first-order valence-electron chi connectivity index (χ1n) is 12.3. The van der Waals surface area contributed by atoms with Gasteiger partial charge in [0, 0.05) is 25.2 Å². The second kappa shape index (κ2) is 12.3. The van der Waals surface area contributed by atoms with Crippen molar-refractivity contribution in [2.75, 3.05) is 31.6 Å². The monoisotopic (exact) mass is 516 g/mol. The van der Waals surface area contributed by atoms with Crippen LogP contribution in [0.25, 0.3) is 11.3 Å². The van der Waals surface area contributed by atoms with Crippen LogP contribution in [0.1, 0.15) is 27.9 Å². The van der Waals surface area contributed by atoms with Gasteiger partial charge < -0.3 is 26.4 Å². The van der Waals surface area contributed by atoms with E-state index in [0.29, 0.717) is 54.1 Å². The molecule has 0 radical (unpaired) electrons. The van der Waals surface area contributed by atoms with Crippen molar-refractivity contribution in [2.45, 2.75) is 24.9 Å². The number of pyridine rings is 1. The Morgan fingerprint density at radius 1 is 1.21 bits per heavy atom. The minimum absolute atomic E-state index is 0.205. The molecule has 0 unspecified atom stereocenters. The molecule has 38 heavy (non-hydrogen) atoms. The van der Waals surface area contributed by atoms with E-state index >= 15 is 0 Å². The van der Waals surface area contributed by atoms with Gasteiger partial charge in [-0.15, -0.1) is 0 Å². The fourth-order valence-corrected chi connectivity index (χ4v) is 4.29. The number of likely N-dealkylation sites (tertiary alicyclic amines) is 1. The number of benzene rings is 2. The Balaban J connectivity index is 1.51. The molecular weight excluding hydrogens is 487 g/mol. The summed E-state index contributed by atoms with van der Waals surface area (Å²) in [5.74, 6) is -0.719. The largest absolute Gasteiger partial charge is 0.394 e. The molecule has 2 atom stereocenters. The van der Waals surface area contributed by atoms with Gasteiger partial charge in [0.05, 0.1) is 35.5 Å². The summed E-state index contributed by atoms with van der Waals surface area (Å²) in [4.78, 5) is 31.7. The van der Waals surface area contributed by atoms with Crippen LogP contribution in [0, 0.1) is 17.1 Å². The Morgan fingerprint density at radius 3 is 2.74 bits per heavy atom. The Kier molecular flexibility index (Phi) is 8.63. The molecule has 2 heterocycles. The number of carbonyl (C=O) groups is 2. The zero-order valence-corrected chi connectivity index (χ0v) is 20.7. The van der Waals surface area contributed by atoms with Crippen LogP contribution in [0.2, 0.25) is 0 Å². The maximum Gasteiger partial charge on any atom is 0.255 e. The number of hydrogen-bond donors (Lipinski definition) is 4. The molecule has 5 N–H and O–H groups in total. The number of nitrogens with zero attached hydrogens (tertiary/aromatic N) is 3. The summed E-state index contributed by atoms with van der Waals surface area (Å²) in [6.45, 7) is 0.703. The molecule has 1 fully saturated rings. The van der Waals surface area contributed by atoms with Crippen molar-refractivity contribution in [3.8, 4) is 17.3 Å². The van der Waals surface area contributed by atoms with E-state index in [9.17, 15) is 19.2 Å². The molecule has 0 bridgehead atoms. The van der Waals surface area contributed by atoms with Crippen molar-refractivity contribution < 1.29 is 19.1 Å². The van der Waals surface area contributed by atoms with E-state index in [-0.39, 0.29) is 30.2 Å². The highest BCUT2D eigenvalue weighted by atomic mass is 19.1. The van der Waals surface area contributed by atoms with Crippen LogP contribution in [0.4, 0.5) is 10.2 Å². The van der Waals surface area contributed by atoms with Crippen LogP contribution in [0.3, 0.4) is 0 Å².